The van der Waals surface area contributed by atoms with Crippen molar-refractivity contribution >= 4 is 0 Å². The molecule has 0 spiro atoms. The Morgan fingerprint density at radius 2 is 1.70 bits per heavy atom. The molecule has 0 aromatic heterocycles. The highest BCUT2D eigenvalue weighted by atomic mass is 19.2. The molecule has 2 aromatic carbocycles. The van der Waals surface area contributed by atoms with Crippen LogP contribution in [0.2, 0.25) is 0 Å². The minimum Gasteiger partial charge on any atom is -0.310 e. The van der Waals surface area contributed by atoms with Gasteiger partial charge in [0.05, 0.1) is 0 Å². The highest BCUT2D eigenvalue weighted by Crippen LogP contribution is 2.23. The van der Waals surface area contributed by atoms with Gasteiger partial charge >= 0.3 is 0 Å². The van der Waals surface area contributed by atoms with Crippen molar-refractivity contribution in [3.05, 3.63) is 71.0 Å². The van der Waals surface area contributed by atoms with Crippen LogP contribution in [0.3, 0.4) is 0 Å². The molecule has 0 aliphatic heterocycles. The third-order valence-corrected chi connectivity index (χ3v) is 3.16. The molecule has 1 unspecified atom stereocenters. The second-order valence-corrected chi connectivity index (χ2v) is 4.58. The number of likely N-dealkylation sites (N-methyl/N-ethyl adjacent to an activating group) is 1. The molecule has 1 nitrogen and oxygen atoms in total. The summed E-state index contributed by atoms with van der Waals surface area (Å²) in [6, 6.07) is 9.83. The summed E-state index contributed by atoms with van der Waals surface area (Å²) in [5.41, 5.74) is 1.15. The summed E-state index contributed by atoms with van der Waals surface area (Å²) in [6.07, 6.45) is 0.467. The molecule has 0 aliphatic carbocycles. The van der Waals surface area contributed by atoms with Crippen molar-refractivity contribution in [2.24, 2.45) is 0 Å². The molecule has 0 bridgehead atoms. The standard InChI is InChI=1S/C16H16F3N/c1-2-20-15(10-11-6-8-12(17)9-7-11)13-4-3-5-14(18)16(13)19/h3-9,15,20H,2,10H2,1H3. The van der Waals surface area contributed by atoms with Crippen LogP contribution in [0.5, 0.6) is 0 Å². The van der Waals surface area contributed by atoms with Gasteiger partial charge < -0.3 is 5.32 Å². The Balaban J connectivity index is 2.26. The van der Waals surface area contributed by atoms with E-state index < -0.39 is 11.6 Å². The first kappa shape index (κ1) is 14.6. The predicted molar refractivity (Wildman–Crippen MR) is 72.9 cm³/mol. The summed E-state index contributed by atoms with van der Waals surface area (Å²) in [4.78, 5) is 0. The summed E-state index contributed by atoms with van der Waals surface area (Å²) in [5, 5.41) is 3.13. The van der Waals surface area contributed by atoms with E-state index in [1.807, 2.05) is 6.92 Å². The normalized spacial score (nSPS) is 12.4. The molecule has 4 heteroatoms. The molecule has 2 aromatic rings. The molecule has 106 valence electrons. The van der Waals surface area contributed by atoms with Crippen molar-refractivity contribution in [1.29, 1.82) is 0 Å². The quantitative estimate of drug-likeness (QED) is 0.872. The molecule has 1 N–H and O–H groups in total. The number of rotatable bonds is 5. The summed E-state index contributed by atoms with van der Waals surface area (Å²) in [5.74, 6) is -2.00. The van der Waals surface area contributed by atoms with Crippen LogP contribution in [0.4, 0.5) is 13.2 Å². The van der Waals surface area contributed by atoms with Crippen LogP contribution in [0.15, 0.2) is 42.5 Å². The van der Waals surface area contributed by atoms with Gasteiger partial charge in [-0.1, -0.05) is 31.2 Å². The molecule has 0 saturated heterocycles. The van der Waals surface area contributed by atoms with Crippen LogP contribution >= 0.6 is 0 Å². The lowest BCUT2D eigenvalue weighted by atomic mass is 9.98. The Bertz CT molecular complexity index is 566. The van der Waals surface area contributed by atoms with Gasteiger partial charge in [0.1, 0.15) is 5.82 Å². The number of halogens is 3. The van der Waals surface area contributed by atoms with Crippen LogP contribution in [0.25, 0.3) is 0 Å². The van der Waals surface area contributed by atoms with Gasteiger partial charge in [0.15, 0.2) is 11.6 Å². The van der Waals surface area contributed by atoms with E-state index in [1.165, 1.54) is 18.2 Å². The summed E-state index contributed by atoms with van der Waals surface area (Å²) in [7, 11) is 0. The monoisotopic (exact) mass is 279 g/mol. The molecular weight excluding hydrogens is 263 g/mol. The Kier molecular flexibility index (Phi) is 4.79. The molecular formula is C16H16F3N. The number of benzene rings is 2. The fraction of sp³-hybridized carbons (Fsp3) is 0.250. The van der Waals surface area contributed by atoms with Gasteiger partial charge in [-0.3, -0.25) is 0 Å². The second-order valence-electron chi connectivity index (χ2n) is 4.58. The zero-order valence-corrected chi connectivity index (χ0v) is 11.2. The molecule has 0 amide bonds. The number of hydrogen-bond acceptors (Lipinski definition) is 1. The van der Waals surface area contributed by atoms with Gasteiger partial charge in [0.2, 0.25) is 0 Å². The predicted octanol–water partition coefficient (Wildman–Crippen LogP) is 4.00. The van der Waals surface area contributed by atoms with Crippen LogP contribution in [0, 0.1) is 17.5 Å². The minimum atomic E-state index is -0.857. The maximum atomic E-state index is 13.9. The second kappa shape index (κ2) is 6.57. The van der Waals surface area contributed by atoms with Crippen molar-refractivity contribution in [3.63, 3.8) is 0 Å². The maximum Gasteiger partial charge on any atom is 0.163 e. The molecule has 2 rings (SSSR count). The highest BCUT2D eigenvalue weighted by Gasteiger charge is 2.17. The summed E-state index contributed by atoms with van der Waals surface area (Å²) < 4.78 is 40.1. The van der Waals surface area contributed by atoms with Crippen LogP contribution < -0.4 is 5.32 Å². The largest absolute Gasteiger partial charge is 0.310 e. The lowest BCUT2D eigenvalue weighted by Crippen LogP contribution is -2.24. The van der Waals surface area contributed by atoms with E-state index in [1.54, 1.807) is 18.2 Å². The maximum absolute atomic E-state index is 13.9. The molecule has 0 radical (unpaired) electrons. The van der Waals surface area contributed by atoms with Crippen molar-refractivity contribution in [3.8, 4) is 0 Å². The SMILES string of the molecule is CCNC(Cc1ccc(F)cc1)c1cccc(F)c1F. The van der Waals surface area contributed by atoms with Crippen LogP contribution in [0.1, 0.15) is 24.1 Å². The molecule has 0 aliphatic rings. The zero-order chi connectivity index (χ0) is 14.5. The topological polar surface area (TPSA) is 12.0 Å². The summed E-state index contributed by atoms with van der Waals surface area (Å²) in [6.45, 7) is 2.52. The van der Waals surface area contributed by atoms with E-state index in [9.17, 15) is 13.2 Å². The number of nitrogens with one attached hydrogen (secondary N) is 1. The minimum absolute atomic E-state index is 0.288. The first-order valence-electron chi connectivity index (χ1n) is 6.53. The third kappa shape index (κ3) is 3.39. The van der Waals surface area contributed by atoms with Crippen LogP contribution in [-0.4, -0.2) is 6.54 Å². The van der Waals surface area contributed by atoms with E-state index >= 15 is 0 Å². The Morgan fingerprint density at radius 1 is 1.00 bits per heavy atom. The fourth-order valence-electron chi connectivity index (χ4n) is 2.18. The van der Waals surface area contributed by atoms with E-state index in [0.717, 1.165) is 11.6 Å². The van der Waals surface area contributed by atoms with Gasteiger partial charge in [-0.2, -0.15) is 0 Å². The smallest absolute Gasteiger partial charge is 0.163 e. The number of hydrogen-bond donors (Lipinski definition) is 1. The van der Waals surface area contributed by atoms with E-state index in [0.29, 0.717) is 13.0 Å². The van der Waals surface area contributed by atoms with Crippen molar-refractivity contribution < 1.29 is 13.2 Å². The van der Waals surface area contributed by atoms with Crippen molar-refractivity contribution in [2.45, 2.75) is 19.4 Å². The Labute approximate surface area is 116 Å². The average Bonchev–Trinajstić information content (AvgIpc) is 2.44. The molecule has 20 heavy (non-hydrogen) atoms. The van der Waals surface area contributed by atoms with Gasteiger partial charge in [0.25, 0.3) is 0 Å². The highest BCUT2D eigenvalue weighted by molar-refractivity contribution is 5.26. The average molecular weight is 279 g/mol. The van der Waals surface area contributed by atoms with Gasteiger partial charge in [0, 0.05) is 11.6 Å². The van der Waals surface area contributed by atoms with E-state index in [-0.39, 0.29) is 17.4 Å². The lowest BCUT2D eigenvalue weighted by molar-refractivity contribution is 0.464. The van der Waals surface area contributed by atoms with Crippen molar-refractivity contribution in [2.75, 3.05) is 6.54 Å². The summed E-state index contributed by atoms with van der Waals surface area (Å²) >= 11 is 0. The van der Waals surface area contributed by atoms with Gasteiger partial charge in [-0.25, -0.2) is 13.2 Å². The third-order valence-electron chi connectivity index (χ3n) is 3.16. The zero-order valence-electron chi connectivity index (χ0n) is 11.2. The molecule has 0 saturated carbocycles. The van der Waals surface area contributed by atoms with Gasteiger partial charge in [-0.15, -0.1) is 0 Å². The van der Waals surface area contributed by atoms with Gasteiger partial charge in [-0.05, 0) is 36.7 Å². The van der Waals surface area contributed by atoms with E-state index in [2.05, 4.69) is 5.32 Å². The molecule has 1 atom stereocenters. The first-order chi connectivity index (χ1) is 9.61. The first-order valence-corrected chi connectivity index (χ1v) is 6.53. The molecule has 0 fully saturated rings. The molecule has 0 heterocycles. The fourth-order valence-corrected chi connectivity index (χ4v) is 2.18. The van der Waals surface area contributed by atoms with Crippen LogP contribution in [-0.2, 0) is 6.42 Å². The van der Waals surface area contributed by atoms with Crippen molar-refractivity contribution in [1.82, 2.24) is 5.32 Å². The van der Waals surface area contributed by atoms with E-state index in [4.69, 9.17) is 0 Å². The lowest BCUT2D eigenvalue weighted by Gasteiger charge is -2.19. The Morgan fingerprint density at radius 3 is 2.35 bits per heavy atom. The Hall–Kier alpha value is -1.81.